The van der Waals surface area contributed by atoms with Crippen LogP contribution in [0.4, 0.5) is 0 Å². The fraction of sp³-hybridized carbons (Fsp3) is 0.450. The van der Waals surface area contributed by atoms with E-state index in [0.29, 0.717) is 43.5 Å². The number of nitrogens with zero attached hydrogens (tertiary/aromatic N) is 3. The van der Waals surface area contributed by atoms with E-state index < -0.39 is 10.0 Å². The lowest BCUT2D eigenvalue weighted by molar-refractivity contribution is -0.137. The number of hydrogen-bond donors (Lipinski definition) is 0. The molecule has 1 aromatic carbocycles. The molecule has 3 rings (SSSR count). The van der Waals surface area contributed by atoms with Crippen molar-refractivity contribution in [2.24, 2.45) is 0 Å². The topological polar surface area (TPSA) is 60.9 Å². The van der Waals surface area contributed by atoms with Gasteiger partial charge in [0.2, 0.25) is 5.91 Å². The summed E-state index contributed by atoms with van der Waals surface area (Å²) in [5, 5.41) is 1.78. The maximum absolute atomic E-state index is 13.2. The molecule has 0 bridgehead atoms. The van der Waals surface area contributed by atoms with E-state index in [2.05, 4.69) is 4.90 Å². The minimum Gasteiger partial charge on any atom is -0.342 e. The monoisotopic (exact) mass is 421 g/mol. The molecule has 1 aliphatic rings. The number of rotatable bonds is 7. The molecule has 2 heterocycles. The highest BCUT2D eigenvalue weighted by Gasteiger charge is 2.35. The first kappa shape index (κ1) is 21.0. The summed E-state index contributed by atoms with van der Waals surface area (Å²) in [6, 6.07) is 12.8. The van der Waals surface area contributed by atoms with Crippen molar-refractivity contribution >= 4 is 27.3 Å². The molecule has 1 aliphatic heterocycles. The van der Waals surface area contributed by atoms with Gasteiger partial charge in [-0.1, -0.05) is 36.4 Å². The summed E-state index contributed by atoms with van der Waals surface area (Å²) in [6.45, 7) is 7.10. The van der Waals surface area contributed by atoms with Crippen LogP contribution in [-0.4, -0.2) is 67.7 Å². The molecule has 2 aromatic rings. The van der Waals surface area contributed by atoms with Crippen molar-refractivity contribution in [2.45, 2.75) is 24.1 Å². The largest absolute Gasteiger partial charge is 0.342 e. The SMILES string of the molecule is CCN(CC)C(=O)[C@@H](c1ccccc1)N1CCN(S(=O)(=O)c2cccs2)CC1. The Morgan fingerprint density at radius 2 is 1.68 bits per heavy atom. The fourth-order valence-corrected chi connectivity index (χ4v) is 6.16. The molecule has 1 aromatic heterocycles. The van der Waals surface area contributed by atoms with Gasteiger partial charge >= 0.3 is 0 Å². The molecular weight excluding hydrogens is 394 g/mol. The third-order valence-electron chi connectivity index (χ3n) is 5.15. The van der Waals surface area contributed by atoms with Gasteiger partial charge in [-0.3, -0.25) is 9.69 Å². The van der Waals surface area contributed by atoms with Crippen LogP contribution in [0, 0.1) is 0 Å². The first-order chi connectivity index (χ1) is 13.5. The molecule has 152 valence electrons. The minimum atomic E-state index is -3.45. The van der Waals surface area contributed by atoms with E-state index in [-0.39, 0.29) is 11.9 Å². The lowest BCUT2D eigenvalue weighted by atomic mass is 10.0. The van der Waals surface area contributed by atoms with Gasteiger partial charge in [0.15, 0.2) is 0 Å². The van der Waals surface area contributed by atoms with Gasteiger partial charge in [0.25, 0.3) is 10.0 Å². The Hall–Kier alpha value is -1.74. The Balaban J connectivity index is 1.79. The van der Waals surface area contributed by atoms with E-state index in [4.69, 9.17) is 0 Å². The number of amides is 1. The van der Waals surface area contributed by atoms with Gasteiger partial charge < -0.3 is 4.90 Å². The smallest absolute Gasteiger partial charge is 0.252 e. The van der Waals surface area contributed by atoms with Gasteiger partial charge in [-0.05, 0) is 30.9 Å². The summed E-state index contributed by atoms with van der Waals surface area (Å²) in [4.78, 5) is 17.2. The summed E-state index contributed by atoms with van der Waals surface area (Å²) in [5.41, 5.74) is 0.953. The van der Waals surface area contributed by atoms with Crippen LogP contribution in [0.25, 0.3) is 0 Å². The molecule has 1 saturated heterocycles. The van der Waals surface area contributed by atoms with Crippen LogP contribution < -0.4 is 0 Å². The van der Waals surface area contributed by atoms with E-state index in [1.807, 2.05) is 49.1 Å². The first-order valence-corrected chi connectivity index (χ1v) is 11.9. The van der Waals surface area contributed by atoms with Gasteiger partial charge in [-0.2, -0.15) is 4.31 Å². The van der Waals surface area contributed by atoms with E-state index in [1.165, 1.54) is 15.6 Å². The van der Waals surface area contributed by atoms with Gasteiger partial charge in [-0.15, -0.1) is 11.3 Å². The van der Waals surface area contributed by atoms with E-state index >= 15 is 0 Å². The zero-order valence-corrected chi connectivity index (χ0v) is 18.0. The predicted octanol–water partition coefficient (Wildman–Crippen LogP) is 2.66. The number of benzene rings is 1. The van der Waals surface area contributed by atoms with E-state index in [1.54, 1.807) is 17.5 Å². The number of carbonyl (C=O) groups is 1. The molecule has 28 heavy (non-hydrogen) atoms. The third-order valence-corrected chi connectivity index (χ3v) is 8.42. The van der Waals surface area contributed by atoms with Crippen molar-refractivity contribution in [3.63, 3.8) is 0 Å². The second-order valence-electron chi connectivity index (χ2n) is 6.70. The Morgan fingerprint density at radius 3 is 2.21 bits per heavy atom. The summed E-state index contributed by atoms with van der Waals surface area (Å²) in [5.74, 6) is 0.0748. The summed E-state index contributed by atoms with van der Waals surface area (Å²) < 4.78 is 27.4. The van der Waals surface area contributed by atoms with E-state index in [9.17, 15) is 13.2 Å². The molecule has 1 fully saturated rings. The molecule has 6 nitrogen and oxygen atoms in total. The normalized spacial score (nSPS) is 17.4. The fourth-order valence-electron chi connectivity index (χ4n) is 3.59. The molecule has 1 atom stereocenters. The number of piperazine rings is 1. The van der Waals surface area contributed by atoms with Crippen molar-refractivity contribution in [1.82, 2.24) is 14.1 Å². The van der Waals surface area contributed by atoms with Crippen molar-refractivity contribution in [3.05, 3.63) is 53.4 Å². The molecular formula is C20H27N3O3S2. The van der Waals surface area contributed by atoms with Gasteiger partial charge in [-0.25, -0.2) is 8.42 Å². The summed E-state index contributed by atoms with van der Waals surface area (Å²) in [7, 11) is -3.45. The van der Waals surface area contributed by atoms with Gasteiger partial charge in [0.05, 0.1) is 0 Å². The lowest BCUT2D eigenvalue weighted by Crippen LogP contribution is -2.52. The molecule has 0 radical (unpaired) electrons. The maximum Gasteiger partial charge on any atom is 0.252 e. The highest BCUT2D eigenvalue weighted by Crippen LogP contribution is 2.27. The molecule has 0 spiro atoms. The van der Waals surface area contributed by atoms with Crippen LogP contribution in [0.15, 0.2) is 52.1 Å². The minimum absolute atomic E-state index is 0.0748. The van der Waals surface area contributed by atoms with E-state index in [0.717, 1.165) is 5.56 Å². The van der Waals surface area contributed by atoms with Crippen molar-refractivity contribution < 1.29 is 13.2 Å². The van der Waals surface area contributed by atoms with Crippen LogP contribution in [0.1, 0.15) is 25.5 Å². The molecule has 1 amide bonds. The number of carbonyl (C=O) groups excluding carboxylic acids is 1. The Labute approximate surface area is 171 Å². The van der Waals surface area contributed by atoms with Crippen LogP contribution in [-0.2, 0) is 14.8 Å². The average molecular weight is 422 g/mol. The first-order valence-electron chi connectivity index (χ1n) is 9.60. The Kier molecular flexibility index (Phi) is 6.87. The van der Waals surface area contributed by atoms with Crippen LogP contribution >= 0.6 is 11.3 Å². The maximum atomic E-state index is 13.2. The van der Waals surface area contributed by atoms with Crippen molar-refractivity contribution in [2.75, 3.05) is 39.3 Å². The van der Waals surface area contributed by atoms with Crippen molar-refractivity contribution in [1.29, 1.82) is 0 Å². The average Bonchev–Trinajstić information content (AvgIpc) is 3.26. The quantitative estimate of drug-likeness (QED) is 0.690. The molecule has 0 unspecified atom stereocenters. The van der Waals surface area contributed by atoms with Crippen LogP contribution in [0.3, 0.4) is 0 Å². The molecule has 0 aliphatic carbocycles. The van der Waals surface area contributed by atoms with Crippen LogP contribution in [0.2, 0.25) is 0 Å². The second kappa shape index (κ2) is 9.17. The Morgan fingerprint density at radius 1 is 1.04 bits per heavy atom. The van der Waals surface area contributed by atoms with Crippen LogP contribution in [0.5, 0.6) is 0 Å². The number of sulfonamides is 1. The zero-order chi connectivity index (χ0) is 20.1. The standard InChI is InChI=1S/C20H27N3O3S2/c1-3-21(4-2)20(24)19(17-9-6-5-7-10-17)22-12-14-23(15-13-22)28(25,26)18-11-8-16-27-18/h5-11,16,19H,3-4,12-15H2,1-2H3/t19-/m1/s1. The molecule has 0 N–H and O–H groups in total. The lowest BCUT2D eigenvalue weighted by Gasteiger charge is -2.39. The molecule has 0 saturated carbocycles. The van der Waals surface area contributed by atoms with Crippen molar-refractivity contribution in [3.8, 4) is 0 Å². The number of hydrogen-bond acceptors (Lipinski definition) is 5. The summed E-state index contributed by atoms with van der Waals surface area (Å²) >= 11 is 1.24. The number of thiophene rings is 1. The highest BCUT2D eigenvalue weighted by atomic mass is 32.2. The predicted molar refractivity (Wildman–Crippen MR) is 112 cm³/mol. The van der Waals surface area contributed by atoms with Gasteiger partial charge in [0, 0.05) is 39.3 Å². The number of likely N-dealkylation sites (N-methyl/N-ethyl adjacent to an activating group) is 1. The second-order valence-corrected chi connectivity index (χ2v) is 9.81. The highest BCUT2D eigenvalue weighted by molar-refractivity contribution is 7.91. The Bertz CT molecular complexity index is 857. The van der Waals surface area contributed by atoms with Gasteiger partial charge in [0.1, 0.15) is 10.3 Å². The summed E-state index contributed by atoms with van der Waals surface area (Å²) in [6.07, 6.45) is 0. The third kappa shape index (κ3) is 4.30. The molecule has 8 heteroatoms. The zero-order valence-electron chi connectivity index (χ0n) is 16.3.